The van der Waals surface area contributed by atoms with E-state index in [0.717, 1.165) is 0 Å². The Morgan fingerprint density at radius 1 is 1.39 bits per heavy atom. The Morgan fingerprint density at radius 3 is 2.50 bits per heavy atom. The van der Waals surface area contributed by atoms with Crippen molar-refractivity contribution in [3.05, 3.63) is 17.2 Å². The lowest BCUT2D eigenvalue weighted by Gasteiger charge is -2.20. The van der Waals surface area contributed by atoms with Crippen LogP contribution in [0.2, 0.25) is 5.02 Å². The van der Waals surface area contributed by atoms with E-state index >= 15 is 0 Å². The maximum absolute atomic E-state index is 11.5. The molecule has 1 aromatic carbocycles. The fraction of sp³-hybridized carbons (Fsp3) is 0.417. The molecule has 0 unspecified atom stereocenters. The van der Waals surface area contributed by atoms with Crippen LogP contribution < -0.4 is 10.1 Å². The number of amides is 1. The van der Waals surface area contributed by atoms with E-state index in [2.05, 4.69) is 5.32 Å². The third kappa shape index (κ3) is 4.00. The second-order valence-corrected chi connectivity index (χ2v) is 5.04. The summed E-state index contributed by atoms with van der Waals surface area (Å²) in [5.74, 6) is 0.172. The number of phenols is 1. The molecule has 100 valence electrons. The molecule has 0 aromatic heterocycles. The van der Waals surface area contributed by atoms with Crippen molar-refractivity contribution in [2.45, 2.75) is 26.4 Å². The number of benzene rings is 1. The fourth-order valence-electron chi connectivity index (χ4n) is 1.21. The normalized spacial score (nSPS) is 10.9. The molecule has 0 aliphatic rings. The molecular weight excluding hydrogens is 258 g/mol. The molecule has 1 rings (SSSR count). The van der Waals surface area contributed by atoms with Crippen LogP contribution in [0.1, 0.15) is 20.8 Å². The first-order valence-electron chi connectivity index (χ1n) is 5.29. The lowest BCUT2D eigenvalue weighted by atomic mass is 10.2. The van der Waals surface area contributed by atoms with Crippen molar-refractivity contribution >= 4 is 23.4 Å². The van der Waals surface area contributed by atoms with Gasteiger partial charge in [-0.25, -0.2) is 4.79 Å². The van der Waals surface area contributed by atoms with Gasteiger partial charge in [0.1, 0.15) is 17.1 Å². The van der Waals surface area contributed by atoms with Gasteiger partial charge in [0.2, 0.25) is 0 Å². The van der Waals surface area contributed by atoms with Crippen molar-refractivity contribution in [2.24, 2.45) is 0 Å². The molecule has 5 nitrogen and oxygen atoms in total. The average molecular weight is 274 g/mol. The molecule has 1 aromatic rings. The first-order chi connectivity index (χ1) is 8.23. The maximum atomic E-state index is 11.5. The quantitative estimate of drug-likeness (QED) is 0.811. The summed E-state index contributed by atoms with van der Waals surface area (Å²) in [5, 5.41) is 12.4. The average Bonchev–Trinajstić information content (AvgIpc) is 2.20. The highest BCUT2D eigenvalue weighted by molar-refractivity contribution is 6.32. The topological polar surface area (TPSA) is 67.8 Å². The van der Waals surface area contributed by atoms with Gasteiger partial charge < -0.3 is 14.6 Å². The van der Waals surface area contributed by atoms with E-state index in [1.54, 1.807) is 20.8 Å². The predicted molar refractivity (Wildman–Crippen MR) is 69.5 cm³/mol. The number of hydrogen-bond acceptors (Lipinski definition) is 4. The Labute approximate surface area is 111 Å². The number of aromatic hydroxyl groups is 1. The van der Waals surface area contributed by atoms with Crippen LogP contribution in [0.3, 0.4) is 0 Å². The standard InChI is InChI=1S/C12H16ClNO4/c1-12(2,3)18-11(16)14-8-5-7(13)10(17-4)6-9(8)15/h5-6,15H,1-4H3,(H,14,16). The van der Waals surface area contributed by atoms with Gasteiger partial charge in [0.05, 0.1) is 17.8 Å². The van der Waals surface area contributed by atoms with Crippen molar-refractivity contribution in [3.63, 3.8) is 0 Å². The number of carbonyl (C=O) groups is 1. The van der Waals surface area contributed by atoms with Crippen LogP contribution in [0.25, 0.3) is 0 Å². The Morgan fingerprint density at radius 2 is 2.00 bits per heavy atom. The Hall–Kier alpha value is -1.62. The summed E-state index contributed by atoms with van der Waals surface area (Å²) in [6, 6.07) is 2.70. The summed E-state index contributed by atoms with van der Waals surface area (Å²) >= 11 is 5.89. The van der Waals surface area contributed by atoms with Gasteiger partial charge in [-0.1, -0.05) is 11.6 Å². The van der Waals surface area contributed by atoms with Gasteiger partial charge in [0.25, 0.3) is 0 Å². The van der Waals surface area contributed by atoms with Crippen molar-refractivity contribution in [1.29, 1.82) is 0 Å². The molecule has 6 heteroatoms. The van der Waals surface area contributed by atoms with Crippen LogP contribution in [0.4, 0.5) is 10.5 Å². The first-order valence-corrected chi connectivity index (χ1v) is 5.67. The van der Waals surface area contributed by atoms with E-state index in [0.29, 0.717) is 5.75 Å². The molecule has 0 radical (unpaired) electrons. The van der Waals surface area contributed by atoms with Gasteiger partial charge in [-0.15, -0.1) is 0 Å². The molecule has 0 bridgehead atoms. The van der Waals surface area contributed by atoms with E-state index < -0.39 is 11.7 Å². The van der Waals surface area contributed by atoms with Crippen LogP contribution in [-0.2, 0) is 4.74 Å². The van der Waals surface area contributed by atoms with Crippen molar-refractivity contribution in [2.75, 3.05) is 12.4 Å². The minimum Gasteiger partial charge on any atom is -0.506 e. The smallest absolute Gasteiger partial charge is 0.412 e. The van der Waals surface area contributed by atoms with E-state index in [1.807, 2.05) is 0 Å². The molecule has 0 fully saturated rings. The number of anilines is 1. The monoisotopic (exact) mass is 273 g/mol. The second kappa shape index (κ2) is 5.35. The summed E-state index contributed by atoms with van der Waals surface area (Å²) in [6.07, 6.45) is -0.668. The van der Waals surface area contributed by atoms with Crippen LogP contribution >= 0.6 is 11.6 Å². The summed E-state index contributed by atoms with van der Waals surface area (Å²) in [7, 11) is 1.43. The summed E-state index contributed by atoms with van der Waals surface area (Å²) < 4.78 is 9.99. The fourth-order valence-corrected chi connectivity index (χ4v) is 1.45. The molecular formula is C12H16ClNO4. The summed E-state index contributed by atoms with van der Waals surface area (Å²) in [4.78, 5) is 11.5. The first kappa shape index (κ1) is 14.4. The van der Waals surface area contributed by atoms with Gasteiger partial charge in [0, 0.05) is 6.07 Å². The van der Waals surface area contributed by atoms with Crippen LogP contribution in [0.15, 0.2) is 12.1 Å². The number of hydrogen-bond donors (Lipinski definition) is 2. The molecule has 0 heterocycles. The molecule has 0 atom stereocenters. The zero-order valence-electron chi connectivity index (χ0n) is 10.7. The number of methoxy groups -OCH3 is 1. The SMILES string of the molecule is COc1cc(O)c(NC(=O)OC(C)(C)C)cc1Cl. The minimum atomic E-state index is -0.668. The number of rotatable bonds is 2. The van der Waals surface area contributed by atoms with E-state index in [9.17, 15) is 9.90 Å². The van der Waals surface area contributed by atoms with Crippen LogP contribution in [0.5, 0.6) is 11.5 Å². The van der Waals surface area contributed by atoms with E-state index in [1.165, 1.54) is 19.2 Å². The molecule has 18 heavy (non-hydrogen) atoms. The molecule has 1 amide bonds. The van der Waals surface area contributed by atoms with Gasteiger partial charge in [-0.2, -0.15) is 0 Å². The zero-order chi connectivity index (χ0) is 13.9. The molecule has 0 aliphatic heterocycles. The number of phenolic OH excluding ortho intramolecular Hbond substituents is 1. The molecule has 0 spiro atoms. The Kier molecular flexibility index (Phi) is 4.29. The third-order valence-electron chi connectivity index (χ3n) is 1.91. The summed E-state index contributed by atoms with van der Waals surface area (Å²) in [5.41, 5.74) is -0.453. The van der Waals surface area contributed by atoms with Gasteiger partial charge in [0.15, 0.2) is 0 Å². The Bertz CT molecular complexity index is 454. The van der Waals surface area contributed by atoms with Gasteiger partial charge in [-0.3, -0.25) is 5.32 Å². The van der Waals surface area contributed by atoms with Gasteiger partial charge in [-0.05, 0) is 26.8 Å². The highest BCUT2D eigenvalue weighted by atomic mass is 35.5. The maximum Gasteiger partial charge on any atom is 0.412 e. The second-order valence-electron chi connectivity index (χ2n) is 4.63. The highest BCUT2D eigenvalue weighted by Gasteiger charge is 2.18. The number of carbonyl (C=O) groups excluding carboxylic acids is 1. The van der Waals surface area contributed by atoms with E-state index in [4.69, 9.17) is 21.1 Å². The molecule has 2 N–H and O–H groups in total. The number of halogens is 1. The lowest BCUT2D eigenvalue weighted by Crippen LogP contribution is -2.27. The van der Waals surface area contributed by atoms with Crippen LogP contribution in [-0.4, -0.2) is 23.9 Å². The van der Waals surface area contributed by atoms with Crippen molar-refractivity contribution in [3.8, 4) is 11.5 Å². The third-order valence-corrected chi connectivity index (χ3v) is 2.20. The number of ether oxygens (including phenoxy) is 2. The van der Waals surface area contributed by atoms with Crippen molar-refractivity contribution < 1.29 is 19.4 Å². The predicted octanol–water partition coefficient (Wildman–Crippen LogP) is 3.40. The zero-order valence-corrected chi connectivity index (χ0v) is 11.5. The summed E-state index contributed by atoms with van der Waals surface area (Å²) in [6.45, 7) is 5.23. The van der Waals surface area contributed by atoms with Gasteiger partial charge >= 0.3 is 6.09 Å². The molecule has 0 saturated heterocycles. The number of nitrogens with one attached hydrogen (secondary N) is 1. The minimum absolute atomic E-state index is 0.151. The molecule has 0 saturated carbocycles. The van der Waals surface area contributed by atoms with Crippen LogP contribution in [0, 0.1) is 0 Å². The lowest BCUT2D eigenvalue weighted by molar-refractivity contribution is 0.0635. The Balaban J connectivity index is 2.86. The highest BCUT2D eigenvalue weighted by Crippen LogP contribution is 2.35. The largest absolute Gasteiger partial charge is 0.506 e. The van der Waals surface area contributed by atoms with Crippen molar-refractivity contribution in [1.82, 2.24) is 0 Å². The molecule has 0 aliphatic carbocycles. The van der Waals surface area contributed by atoms with E-state index in [-0.39, 0.29) is 16.5 Å².